The molecule has 0 bridgehead atoms. The number of aryl methyl sites for hydroxylation is 2. The molecule has 2 aromatic heterocycles. The number of rotatable bonds is 4. The van der Waals surface area contributed by atoms with E-state index in [2.05, 4.69) is 27.3 Å². The lowest BCUT2D eigenvalue weighted by Gasteiger charge is -2.11. The third-order valence-corrected chi connectivity index (χ3v) is 4.29. The fraction of sp³-hybridized carbons (Fsp3) is 0.438. The first-order valence-electron chi connectivity index (χ1n) is 7.66. The first-order chi connectivity index (χ1) is 11.0. The minimum Gasteiger partial charge on any atom is -0.478 e. The van der Waals surface area contributed by atoms with Gasteiger partial charge in [0.1, 0.15) is 0 Å². The minimum absolute atomic E-state index is 0.213. The monoisotopic (exact) mass is 315 g/mol. The summed E-state index contributed by atoms with van der Waals surface area (Å²) in [5.74, 6) is -0.972. The Labute approximate surface area is 134 Å². The number of pyridine rings is 1. The molecule has 0 spiro atoms. The third-order valence-electron chi connectivity index (χ3n) is 4.29. The number of nitrogens with zero attached hydrogens (tertiary/aromatic N) is 4. The lowest BCUT2D eigenvalue weighted by molar-refractivity contribution is 0.0697. The Bertz CT molecular complexity index is 740. The SMILES string of the molecule is Cc1nn(C2CCN(C)C2)cc1Nc1c(C(=O)O)ccnc1C. The molecule has 122 valence electrons. The van der Waals surface area contributed by atoms with Crippen LogP contribution >= 0.6 is 0 Å². The Morgan fingerprint density at radius 1 is 1.39 bits per heavy atom. The number of aromatic carboxylic acids is 1. The Morgan fingerprint density at radius 2 is 2.17 bits per heavy atom. The van der Waals surface area contributed by atoms with Crippen LogP contribution in [0.2, 0.25) is 0 Å². The van der Waals surface area contributed by atoms with Gasteiger partial charge in [-0.2, -0.15) is 5.10 Å². The van der Waals surface area contributed by atoms with Gasteiger partial charge in [0.15, 0.2) is 0 Å². The Balaban J connectivity index is 1.90. The van der Waals surface area contributed by atoms with E-state index in [0.29, 0.717) is 17.4 Å². The van der Waals surface area contributed by atoms with Gasteiger partial charge in [0, 0.05) is 18.9 Å². The zero-order valence-electron chi connectivity index (χ0n) is 13.6. The molecule has 1 unspecified atom stereocenters. The first-order valence-corrected chi connectivity index (χ1v) is 7.66. The van der Waals surface area contributed by atoms with E-state index >= 15 is 0 Å². The van der Waals surface area contributed by atoms with Crippen LogP contribution in [0.25, 0.3) is 0 Å². The summed E-state index contributed by atoms with van der Waals surface area (Å²) in [6.07, 6.45) is 4.54. The van der Waals surface area contributed by atoms with Crippen LogP contribution in [0.1, 0.15) is 34.2 Å². The van der Waals surface area contributed by atoms with Crippen molar-refractivity contribution in [1.29, 1.82) is 0 Å². The topological polar surface area (TPSA) is 83.3 Å². The maximum Gasteiger partial charge on any atom is 0.337 e. The second-order valence-corrected chi connectivity index (χ2v) is 6.06. The molecule has 3 heterocycles. The van der Waals surface area contributed by atoms with Crippen LogP contribution < -0.4 is 5.32 Å². The lowest BCUT2D eigenvalue weighted by atomic mass is 10.1. The van der Waals surface area contributed by atoms with Crippen molar-refractivity contribution in [3.8, 4) is 0 Å². The van der Waals surface area contributed by atoms with Gasteiger partial charge < -0.3 is 15.3 Å². The molecule has 7 nitrogen and oxygen atoms in total. The second kappa shape index (κ2) is 6.00. The van der Waals surface area contributed by atoms with Gasteiger partial charge in [-0.05, 0) is 39.9 Å². The number of aromatic nitrogens is 3. The number of likely N-dealkylation sites (tertiary alicyclic amines) is 1. The third kappa shape index (κ3) is 3.05. The quantitative estimate of drug-likeness (QED) is 0.900. The van der Waals surface area contributed by atoms with E-state index in [0.717, 1.165) is 30.9 Å². The highest BCUT2D eigenvalue weighted by Crippen LogP contribution is 2.28. The summed E-state index contributed by atoms with van der Waals surface area (Å²) >= 11 is 0. The molecular formula is C16H21N5O2. The van der Waals surface area contributed by atoms with E-state index in [1.807, 2.05) is 17.8 Å². The second-order valence-electron chi connectivity index (χ2n) is 6.06. The van der Waals surface area contributed by atoms with Crippen LogP contribution in [-0.4, -0.2) is 50.9 Å². The molecule has 1 saturated heterocycles. The van der Waals surface area contributed by atoms with Crippen molar-refractivity contribution in [2.75, 3.05) is 25.5 Å². The molecule has 23 heavy (non-hydrogen) atoms. The van der Waals surface area contributed by atoms with Crippen LogP contribution in [0.3, 0.4) is 0 Å². The number of carbonyl (C=O) groups is 1. The maximum absolute atomic E-state index is 11.4. The number of hydrogen-bond acceptors (Lipinski definition) is 5. The van der Waals surface area contributed by atoms with E-state index in [4.69, 9.17) is 0 Å². The molecule has 0 aliphatic carbocycles. The number of carboxylic acids is 1. The molecule has 7 heteroatoms. The van der Waals surface area contributed by atoms with E-state index < -0.39 is 5.97 Å². The number of anilines is 2. The van der Waals surface area contributed by atoms with Gasteiger partial charge in [0.05, 0.1) is 34.4 Å². The van der Waals surface area contributed by atoms with Gasteiger partial charge in [0.2, 0.25) is 0 Å². The summed E-state index contributed by atoms with van der Waals surface area (Å²) in [5, 5.41) is 17.1. The maximum atomic E-state index is 11.4. The van der Waals surface area contributed by atoms with Crippen LogP contribution in [-0.2, 0) is 0 Å². The molecule has 0 radical (unpaired) electrons. The van der Waals surface area contributed by atoms with E-state index in [-0.39, 0.29) is 5.56 Å². The highest BCUT2D eigenvalue weighted by Gasteiger charge is 2.23. The van der Waals surface area contributed by atoms with Crippen molar-refractivity contribution in [3.63, 3.8) is 0 Å². The summed E-state index contributed by atoms with van der Waals surface area (Å²) in [6.45, 7) is 5.76. The molecule has 3 rings (SSSR count). The van der Waals surface area contributed by atoms with Crippen molar-refractivity contribution < 1.29 is 9.90 Å². The summed E-state index contributed by atoms with van der Waals surface area (Å²) in [6, 6.07) is 1.87. The standard InChI is InChI=1S/C16H21N5O2/c1-10-14(9-21(19-10)12-5-7-20(3)8-12)18-15-11(2)17-6-4-13(15)16(22)23/h4,6,9,12,18H,5,7-8H2,1-3H3,(H,22,23). The smallest absolute Gasteiger partial charge is 0.337 e. The molecule has 0 aromatic carbocycles. The number of nitrogens with one attached hydrogen (secondary N) is 1. The predicted molar refractivity (Wildman–Crippen MR) is 87.3 cm³/mol. The number of carboxylic acid groups (broad SMARTS) is 1. The normalized spacial score (nSPS) is 18.3. The van der Waals surface area contributed by atoms with Gasteiger partial charge >= 0.3 is 5.97 Å². The molecule has 1 fully saturated rings. The van der Waals surface area contributed by atoms with Crippen LogP contribution in [0.5, 0.6) is 0 Å². The highest BCUT2D eigenvalue weighted by molar-refractivity contribution is 5.95. The molecule has 1 aliphatic rings. The van der Waals surface area contributed by atoms with Crippen molar-refractivity contribution in [3.05, 3.63) is 35.4 Å². The highest BCUT2D eigenvalue weighted by atomic mass is 16.4. The summed E-state index contributed by atoms with van der Waals surface area (Å²) in [4.78, 5) is 17.9. The molecule has 2 N–H and O–H groups in total. The molecular weight excluding hydrogens is 294 g/mol. The summed E-state index contributed by atoms with van der Waals surface area (Å²) in [7, 11) is 2.10. The Kier molecular flexibility index (Phi) is 4.04. The zero-order chi connectivity index (χ0) is 16.6. The molecule has 2 aromatic rings. The van der Waals surface area contributed by atoms with Crippen molar-refractivity contribution >= 4 is 17.3 Å². The fourth-order valence-electron chi connectivity index (χ4n) is 2.96. The van der Waals surface area contributed by atoms with Gasteiger partial charge in [0.25, 0.3) is 0 Å². The van der Waals surface area contributed by atoms with Crippen molar-refractivity contribution in [2.24, 2.45) is 0 Å². The van der Waals surface area contributed by atoms with Gasteiger partial charge in [-0.1, -0.05) is 0 Å². The molecule has 1 atom stereocenters. The lowest BCUT2D eigenvalue weighted by Crippen LogP contribution is -2.16. The molecule has 0 amide bonds. The van der Waals surface area contributed by atoms with Gasteiger partial charge in [-0.3, -0.25) is 9.67 Å². The van der Waals surface area contributed by atoms with Crippen LogP contribution in [0.4, 0.5) is 11.4 Å². The predicted octanol–water partition coefficient (Wildman–Crippen LogP) is 2.21. The Hall–Kier alpha value is -2.41. The van der Waals surface area contributed by atoms with Crippen molar-refractivity contribution in [2.45, 2.75) is 26.3 Å². The van der Waals surface area contributed by atoms with E-state index in [1.165, 1.54) is 12.3 Å². The number of likely N-dealkylation sites (N-methyl/N-ethyl adjacent to an activating group) is 1. The van der Waals surface area contributed by atoms with E-state index in [9.17, 15) is 9.90 Å². The van der Waals surface area contributed by atoms with Crippen molar-refractivity contribution in [1.82, 2.24) is 19.7 Å². The van der Waals surface area contributed by atoms with Crippen LogP contribution in [0.15, 0.2) is 18.5 Å². The van der Waals surface area contributed by atoms with E-state index in [1.54, 1.807) is 6.92 Å². The average Bonchev–Trinajstić information content (AvgIpc) is 3.07. The fourth-order valence-corrected chi connectivity index (χ4v) is 2.96. The first kappa shape index (κ1) is 15.5. The van der Waals surface area contributed by atoms with Crippen LogP contribution in [0, 0.1) is 13.8 Å². The molecule has 0 saturated carbocycles. The molecule has 1 aliphatic heterocycles. The minimum atomic E-state index is -0.972. The Morgan fingerprint density at radius 3 is 2.83 bits per heavy atom. The largest absolute Gasteiger partial charge is 0.478 e. The summed E-state index contributed by atoms with van der Waals surface area (Å²) < 4.78 is 1.98. The number of hydrogen-bond donors (Lipinski definition) is 2. The van der Waals surface area contributed by atoms with Gasteiger partial charge in [-0.25, -0.2) is 4.79 Å². The summed E-state index contributed by atoms with van der Waals surface area (Å²) in [5.41, 5.74) is 3.05. The average molecular weight is 315 g/mol. The van der Waals surface area contributed by atoms with Gasteiger partial charge in [-0.15, -0.1) is 0 Å². The zero-order valence-corrected chi connectivity index (χ0v) is 13.6.